The van der Waals surface area contributed by atoms with E-state index in [2.05, 4.69) is 37.9 Å². The quantitative estimate of drug-likeness (QED) is 0.662. The van der Waals surface area contributed by atoms with Gasteiger partial charge >= 0.3 is 0 Å². The Morgan fingerprint density at radius 1 is 0.955 bits per heavy atom. The fourth-order valence-corrected chi connectivity index (χ4v) is 3.06. The van der Waals surface area contributed by atoms with Crippen LogP contribution in [0.2, 0.25) is 5.02 Å². The van der Waals surface area contributed by atoms with Crippen molar-refractivity contribution in [3.63, 3.8) is 0 Å². The minimum absolute atomic E-state index is 0.134. The van der Waals surface area contributed by atoms with Crippen LogP contribution in [0.25, 0.3) is 21.9 Å². The summed E-state index contributed by atoms with van der Waals surface area (Å²) in [6.07, 6.45) is 0. The Kier molecular flexibility index (Phi) is 3.57. The maximum atomic E-state index is 12.5. The summed E-state index contributed by atoms with van der Waals surface area (Å²) in [5.41, 5.74) is 2.74. The second-order valence-corrected chi connectivity index (χ2v) is 6.89. The summed E-state index contributed by atoms with van der Waals surface area (Å²) < 4.78 is 0. The number of hydrogen-bond acceptors (Lipinski definition) is 1. The van der Waals surface area contributed by atoms with Crippen molar-refractivity contribution in [2.75, 3.05) is 0 Å². The van der Waals surface area contributed by atoms with Crippen LogP contribution in [0.15, 0.2) is 53.3 Å². The number of fused-ring (bicyclic) bond motifs is 1. The largest absolute Gasteiger partial charge is 0.324 e. The first-order valence-electron chi connectivity index (χ1n) is 7.30. The molecule has 0 unspecified atom stereocenters. The molecule has 3 rings (SSSR count). The Hall–Kier alpha value is -2.06. The van der Waals surface area contributed by atoms with E-state index in [1.54, 1.807) is 6.07 Å². The van der Waals surface area contributed by atoms with E-state index < -0.39 is 0 Å². The standard InChI is InChI=1S/C19H18ClNO/c1-19(2,3)17-15(12-8-5-4-6-9-12)13-10-7-11-14(20)16(13)18(22)21-17/h4-11H,1-3H3,(H,21,22). The van der Waals surface area contributed by atoms with Gasteiger partial charge in [0.05, 0.1) is 10.4 Å². The summed E-state index contributed by atoms with van der Waals surface area (Å²) in [6.45, 7) is 6.29. The average Bonchev–Trinajstić information content (AvgIpc) is 2.47. The molecule has 0 aliphatic carbocycles. The van der Waals surface area contributed by atoms with E-state index in [1.807, 2.05) is 30.3 Å². The average molecular weight is 312 g/mol. The smallest absolute Gasteiger partial charge is 0.257 e. The lowest BCUT2D eigenvalue weighted by Crippen LogP contribution is -2.21. The molecule has 1 aromatic heterocycles. The number of hydrogen-bond donors (Lipinski definition) is 1. The molecule has 0 radical (unpaired) electrons. The van der Waals surface area contributed by atoms with Crippen LogP contribution >= 0.6 is 11.6 Å². The van der Waals surface area contributed by atoms with Crippen LogP contribution in [0.5, 0.6) is 0 Å². The van der Waals surface area contributed by atoms with Crippen LogP contribution in [0.1, 0.15) is 26.5 Å². The number of H-pyrrole nitrogens is 1. The monoisotopic (exact) mass is 311 g/mol. The third-order valence-corrected chi connectivity index (χ3v) is 4.13. The fourth-order valence-electron chi connectivity index (χ4n) is 2.80. The third kappa shape index (κ3) is 2.44. The summed E-state index contributed by atoms with van der Waals surface area (Å²) >= 11 is 6.27. The van der Waals surface area contributed by atoms with E-state index in [1.165, 1.54) is 0 Å². The first-order chi connectivity index (χ1) is 10.4. The number of nitrogens with one attached hydrogen (secondary N) is 1. The Bertz CT molecular complexity index is 889. The van der Waals surface area contributed by atoms with E-state index in [0.717, 1.165) is 22.2 Å². The van der Waals surface area contributed by atoms with E-state index in [0.29, 0.717) is 10.4 Å². The van der Waals surface area contributed by atoms with Crippen molar-refractivity contribution in [3.05, 3.63) is 69.6 Å². The number of benzene rings is 2. The van der Waals surface area contributed by atoms with Gasteiger partial charge in [-0.1, -0.05) is 74.8 Å². The molecule has 0 aliphatic rings. The molecule has 0 fully saturated rings. The van der Waals surface area contributed by atoms with Crippen molar-refractivity contribution in [1.82, 2.24) is 4.98 Å². The maximum Gasteiger partial charge on any atom is 0.257 e. The molecule has 112 valence electrons. The Morgan fingerprint density at radius 3 is 2.27 bits per heavy atom. The molecule has 22 heavy (non-hydrogen) atoms. The lowest BCUT2D eigenvalue weighted by molar-refractivity contribution is 0.570. The number of halogens is 1. The van der Waals surface area contributed by atoms with Crippen LogP contribution in [-0.4, -0.2) is 4.98 Å². The normalized spacial score (nSPS) is 11.8. The second kappa shape index (κ2) is 5.29. The van der Waals surface area contributed by atoms with Crippen LogP contribution in [0.3, 0.4) is 0 Å². The van der Waals surface area contributed by atoms with Gasteiger partial charge in [-0.2, -0.15) is 0 Å². The number of rotatable bonds is 1. The Labute approximate surface area is 134 Å². The van der Waals surface area contributed by atoms with Gasteiger partial charge in [0.1, 0.15) is 0 Å². The molecule has 3 heteroatoms. The van der Waals surface area contributed by atoms with Gasteiger partial charge in [0.25, 0.3) is 5.56 Å². The van der Waals surface area contributed by atoms with Crippen LogP contribution in [0, 0.1) is 0 Å². The van der Waals surface area contributed by atoms with E-state index in [-0.39, 0.29) is 11.0 Å². The molecule has 1 N–H and O–H groups in total. The molecular weight excluding hydrogens is 294 g/mol. The van der Waals surface area contributed by atoms with Gasteiger partial charge in [-0.3, -0.25) is 4.79 Å². The molecule has 1 heterocycles. The zero-order valence-electron chi connectivity index (χ0n) is 12.9. The fraction of sp³-hybridized carbons (Fsp3) is 0.211. The highest BCUT2D eigenvalue weighted by Crippen LogP contribution is 2.37. The van der Waals surface area contributed by atoms with Crippen LogP contribution < -0.4 is 5.56 Å². The molecule has 0 amide bonds. The molecule has 3 aromatic rings. The van der Waals surface area contributed by atoms with Gasteiger partial charge in [0.2, 0.25) is 0 Å². The van der Waals surface area contributed by atoms with E-state index in [9.17, 15) is 4.79 Å². The Morgan fingerprint density at radius 2 is 1.64 bits per heavy atom. The lowest BCUT2D eigenvalue weighted by atomic mass is 9.84. The van der Waals surface area contributed by atoms with Crippen molar-refractivity contribution in [2.24, 2.45) is 0 Å². The SMILES string of the molecule is CC(C)(C)c1[nH]c(=O)c2c(Cl)cccc2c1-c1ccccc1. The molecule has 0 spiro atoms. The van der Waals surface area contributed by atoms with Gasteiger partial charge in [-0.25, -0.2) is 0 Å². The second-order valence-electron chi connectivity index (χ2n) is 6.48. The zero-order valence-corrected chi connectivity index (χ0v) is 13.7. The number of aromatic nitrogens is 1. The Balaban J connectivity index is 2.54. The van der Waals surface area contributed by atoms with Crippen molar-refractivity contribution < 1.29 is 0 Å². The third-order valence-electron chi connectivity index (χ3n) is 3.81. The summed E-state index contributed by atoms with van der Waals surface area (Å²) in [6, 6.07) is 15.7. The van der Waals surface area contributed by atoms with Crippen molar-refractivity contribution in [1.29, 1.82) is 0 Å². The van der Waals surface area contributed by atoms with Crippen LogP contribution in [0.4, 0.5) is 0 Å². The zero-order chi connectivity index (χ0) is 15.9. The minimum Gasteiger partial charge on any atom is -0.324 e. The van der Waals surface area contributed by atoms with Gasteiger partial charge in [0.15, 0.2) is 0 Å². The molecule has 2 aromatic carbocycles. The number of pyridine rings is 1. The molecule has 0 aliphatic heterocycles. The molecule has 0 bridgehead atoms. The predicted octanol–water partition coefficient (Wildman–Crippen LogP) is 5.15. The van der Waals surface area contributed by atoms with E-state index in [4.69, 9.17) is 11.6 Å². The van der Waals surface area contributed by atoms with Crippen molar-refractivity contribution >= 4 is 22.4 Å². The topological polar surface area (TPSA) is 32.9 Å². The van der Waals surface area contributed by atoms with Gasteiger partial charge < -0.3 is 4.98 Å². The van der Waals surface area contributed by atoms with Crippen molar-refractivity contribution in [3.8, 4) is 11.1 Å². The molecule has 0 saturated heterocycles. The van der Waals surface area contributed by atoms with Gasteiger partial charge in [-0.15, -0.1) is 0 Å². The molecule has 0 atom stereocenters. The highest BCUT2D eigenvalue weighted by atomic mass is 35.5. The summed E-state index contributed by atoms with van der Waals surface area (Å²) in [5.74, 6) is 0. The molecule has 0 saturated carbocycles. The first kappa shape index (κ1) is 14.9. The van der Waals surface area contributed by atoms with Crippen LogP contribution in [-0.2, 0) is 5.41 Å². The lowest BCUT2D eigenvalue weighted by Gasteiger charge is -2.24. The van der Waals surface area contributed by atoms with Gasteiger partial charge in [0, 0.05) is 16.7 Å². The van der Waals surface area contributed by atoms with Crippen molar-refractivity contribution in [2.45, 2.75) is 26.2 Å². The summed E-state index contributed by atoms with van der Waals surface area (Å²) in [7, 11) is 0. The highest BCUT2D eigenvalue weighted by molar-refractivity contribution is 6.35. The predicted molar refractivity (Wildman–Crippen MR) is 93.7 cm³/mol. The maximum absolute atomic E-state index is 12.5. The van der Waals surface area contributed by atoms with E-state index >= 15 is 0 Å². The molecular formula is C19H18ClNO. The number of aromatic amines is 1. The first-order valence-corrected chi connectivity index (χ1v) is 7.68. The minimum atomic E-state index is -0.180. The van der Waals surface area contributed by atoms with Gasteiger partial charge in [-0.05, 0) is 17.0 Å². The summed E-state index contributed by atoms with van der Waals surface area (Å²) in [5, 5.41) is 1.93. The molecule has 2 nitrogen and oxygen atoms in total. The highest BCUT2D eigenvalue weighted by Gasteiger charge is 2.23. The summed E-state index contributed by atoms with van der Waals surface area (Å²) in [4.78, 5) is 15.6.